The van der Waals surface area contributed by atoms with E-state index in [2.05, 4.69) is 55.4 Å². The molecule has 1 heterocycles. The summed E-state index contributed by atoms with van der Waals surface area (Å²) in [6, 6.07) is 6.45. The zero-order chi connectivity index (χ0) is 14.0. The molecule has 1 aromatic heterocycles. The minimum Gasteiger partial charge on any atom is -0.379 e. The lowest BCUT2D eigenvalue weighted by Crippen LogP contribution is -2.11. The van der Waals surface area contributed by atoms with Crippen molar-refractivity contribution in [2.45, 2.75) is 20.4 Å². The van der Waals surface area contributed by atoms with Gasteiger partial charge in [-0.2, -0.15) is 5.10 Å². The van der Waals surface area contributed by atoms with E-state index in [-0.39, 0.29) is 0 Å². The first-order valence-corrected chi connectivity index (χ1v) is 6.48. The SMILES string of the molecule is Cc1cc(N(C)C)cc(C)c1NCc1ccnn1C. The van der Waals surface area contributed by atoms with Crippen LogP contribution in [-0.4, -0.2) is 23.9 Å². The van der Waals surface area contributed by atoms with Crippen LogP contribution in [0, 0.1) is 13.8 Å². The second-order valence-corrected chi connectivity index (χ2v) is 5.15. The van der Waals surface area contributed by atoms with Crippen molar-refractivity contribution in [3.05, 3.63) is 41.2 Å². The standard InChI is InChI=1S/C15H22N4/c1-11-8-14(18(3)4)9-12(2)15(11)16-10-13-6-7-17-19(13)5/h6-9,16H,10H2,1-5H3. The average Bonchev–Trinajstić information content (AvgIpc) is 2.73. The number of rotatable bonds is 4. The molecule has 0 aliphatic rings. The molecule has 19 heavy (non-hydrogen) atoms. The Labute approximate surface area is 115 Å². The summed E-state index contributed by atoms with van der Waals surface area (Å²) in [6.07, 6.45) is 1.83. The minimum absolute atomic E-state index is 0.791. The topological polar surface area (TPSA) is 33.1 Å². The average molecular weight is 258 g/mol. The van der Waals surface area contributed by atoms with Gasteiger partial charge in [-0.25, -0.2) is 0 Å². The van der Waals surface area contributed by atoms with E-state index in [0.29, 0.717) is 0 Å². The monoisotopic (exact) mass is 258 g/mol. The maximum atomic E-state index is 4.18. The van der Waals surface area contributed by atoms with Crippen molar-refractivity contribution in [1.29, 1.82) is 0 Å². The molecule has 0 bridgehead atoms. The number of aromatic nitrogens is 2. The molecule has 0 radical (unpaired) electrons. The maximum Gasteiger partial charge on any atom is 0.0571 e. The molecule has 4 nitrogen and oxygen atoms in total. The van der Waals surface area contributed by atoms with Gasteiger partial charge >= 0.3 is 0 Å². The van der Waals surface area contributed by atoms with Crippen molar-refractivity contribution in [1.82, 2.24) is 9.78 Å². The van der Waals surface area contributed by atoms with E-state index in [1.54, 1.807) is 0 Å². The first-order valence-electron chi connectivity index (χ1n) is 6.48. The highest BCUT2D eigenvalue weighted by atomic mass is 15.3. The van der Waals surface area contributed by atoms with Crippen LogP contribution in [0.15, 0.2) is 24.4 Å². The second-order valence-electron chi connectivity index (χ2n) is 5.15. The molecule has 102 valence electrons. The number of benzene rings is 1. The summed E-state index contributed by atoms with van der Waals surface area (Å²) in [7, 11) is 6.10. The van der Waals surface area contributed by atoms with E-state index >= 15 is 0 Å². The van der Waals surface area contributed by atoms with Gasteiger partial charge in [-0.15, -0.1) is 0 Å². The van der Waals surface area contributed by atoms with Crippen LogP contribution in [0.4, 0.5) is 11.4 Å². The second kappa shape index (κ2) is 5.34. The number of hydrogen-bond donors (Lipinski definition) is 1. The van der Waals surface area contributed by atoms with E-state index in [1.165, 1.54) is 28.2 Å². The molecule has 0 amide bonds. The fourth-order valence-electron chi connectivity index (χ4n) is 2.23. The number of hydrogen-bond acceptors (Lipinski definition) is 3. The zero-order valence-electron chi connectivity index (χ0n) is 12.4. The largest absolute Gasteiger partial charge is 0.379 e. The minimum atomic E-state index is 0.791. The highest BCUT2D eigenvalue weighted by molar-refractivity contribution is 5.64. The van der Waals surface area contributed by atoms with Gasteiger partial charge in [0.05, 0.1) is 12.2 Å². The maximum absolute atomic E-state index is 4.18. The van der Waals surface area contributed by atoms with Crippen molar-refractivity contribution in [2.75, 3.05) is 24.3 Å². The first kappa shape index (κ1) is 13.5. The van der Waals surface area contributed by atoms with Crippen LogP contribution in [0.3, 0.4) is 0 Å². The van der Waals surface area contributed by atoms with Gasteiger partial charge in [0.2, 0.25) is 0 Å². The Bertz CT molecular complexity index is 546. The number of nitrogens with zero attached hydrogens (tertiary/aromatic N) is 3. The van der Waals surface area contributed by atoms with Crippen LogP contribution in [-0.2, 0) is 13.6 Å². The molecule has 2 aromatic rings. The fourth-order valence-corrected chi connectivity index (χ4v) is 2.23. The molecule has 0 unspecified atom stereocenters. The normalized spacial score (nSPS) is 10.6. The smallest absolute Gasteiger partial charge is 0.0571 e. The quantitative estimate of drug-likeness (QED) is 0.915. The molecule has 1 aromatic carbocycles. The Morgan fingerprint density at radius 1 is 1.21 bits per heavy atom. The lowest BCUT2D eigenvalue weighted by atomic mass is 10.1. The molecule has 0 saturated carbocycles. The Hall–Kier alpha value is -1.97. The van der Waals surface area contributed by atoms with Crippen LogP contribution in [0.1, 0.15) is 16.8 Å². The van der Waals surface area contributed by atoms with Crippen molar-refractivity contribution < 1.29 is 0 Å². The Morgan fingerprint density at radius 2 is 1.84 bits per heavy atom. The molecule has 4 heteroatoms. The molecule has 1 N–H and O–H groups in total. The number of aryl methyl sites for hydroxylation is 3. The third-order valence-corrected chi connectivity index (χ3v) is 3.40. The summed E-state index contributed by atoms with van der Waals surface area (Å²) in [4.78, 5) is 2.13. The van der Waals surface area contributed by atoms with Gasteiger partial charge in [0, 0.05) is 38.7 Å². The molecular weight excluding hydrogens is 236 g/mol. The molecule has 0 aliphatic carbocycles. The zero-order valence-corrected chi connectivity index (χ0v) is 12.4. The number of anilines is 2. The molecular formula is C15H22N4. The summed E-state index contributed by atoms with van der Waals surface area (Å²) >= 11 is 0. The van der Waals surface area contributed by atoms with Gasteiger partial charge < -0.3 is 10.2 Å². The van der Waals surface area contributed by atoms with Crippen molar-refractivity contribution >= 4 is 11.4 Å². The summed E-state index contributed by atoms with van der Waals surface area (Å²) < 4.78 is 1.89. The Kier molecular flexibility index (Phi) is 3.79. The lowest BCUT2D eigenvalue weighted by Gasteiger charge is -2.18. The summed E-state index contributed by atoms with van der Waals surface area (Å²) in [5.41, 5.74) is 6.17. The Balaban J connectivity index is 2.19. The first-order chi connectivity index (χ1) is 8.99. The third-order valence-electron chi connectivity index (χ3n) is 3.40. The highest BCUT2D eigenvalue weighted by Gasteiger charge is 2.07. The molecule has 0 saturated heterocycles. The van der Waals surface area contributed by atoms with Crippen LogP contribution in [0.2, 0.25) is 0 Å². The van der Waals surface area contributed by atoms with Gasteiger partial charge in [0.25, 0.3) is 0 Å². The van der Waals surface area contributed by atoms with Gasteiger partial charge in [0.1, 0.15) is 0 Å². The summed E-state index contributed by atoms with van der Waals surface area (Å²) in [6.45, 7) is 5.08. The molecule has 0 atom stereocenters. The third kappa shape index (κ3) is 2.89. The van der Waals surface area contributed by atoms with Gasteiger partial charge in [-0.05, 0) is 43.2 Å². The van der Waals surface area contributed by atoms with Crippen molar-refractivity contribution in [3.8, 4) is 0 Å². The lowest BCUT2D eigenvalue weighted by molar-refractivity contribution is 0.720. The van der Waals surface area contributed by atoms with Gasteiger partial charge in [0.15, 0.2) is 0 Å². The molecule has 0 fully saturated rings. The molecule has 2 rings (SSSR count). The van der Waals surface area contributed by atoms with Crippen molar-refractivity contribution in [3.63, 3.8) is 0 Å². The van der Waals surface area contributed by atoms with Crippen LogP contribution in [0.25, 0.3) is 0 Å². The van der Waals surface area contributed by atoms with Gasteiger partial charge in [-0.1, -0.05) is 0 Å². The molecule has 0 aliphatic heterocycles. The van der Waals surface area contributed by atoms with E-state index in [9.17, 15) is 0 Å². The summed E-state index contributed by atoms with van der Waals surface area (Å²) in [5.74, 6) is 0. The van der Waals surface area contributed by atoms with Gasteiger partial charge in [-0.3, -0.25) is 4.68 Å². The van der Waals surface area contributed by atoms with Crippen molar-refractivity contribution in [2.24, 2.45) is 7.05 Å². The van der Waals surface area contributed by atoms with E-state index in [4.69, 9.17) is 0 Å². The predicted octanol–water partition coefficient (Wildman–Crippen LogP) is 2.72. The van der Waals surface area contributed by atoms with E-state index < -0.39 is 0 Å². The fraction of sp³-hybridized carbons (Fsp3) is 0.400. The Morgan fingerprint density at radius 3 is 2.32 bits per heavy atom. The van der Waals surface area contributed by atoms with E-state index in [0.717, 1.165) is 6.54 Å². The highest BCUT2D eigenvalue weighted by Crippen LogP contribution is 2.26. The van der Waals surface area contributed by atoms with Crippen LogP contribution in [0.5, 0.6) is 0 Å². The predicted molar refractivity (Wildman–Crippen MR) is 80.8 cm³/mol. The van der Waals surface area contributed by atoms with E-state index in [1.807, 2.05) is 24.0 Å². The number of nitrogens with one attached hydrogen (secondary N) is 1. The molecule has 0 spiro atoms. The van der Waals surface area contributed by atoms with Crippen LogP contribution >= 0.6 is 0 Å². The van der Waals surface area contributed by atoms with Crippen LogP contribution < -0.4 is 10.2 Å². The summed E-state index contributed by atoms with van der Waals surface area (Å²) in [5, 5.41) is 7.69.